The maximum absolute atomic E-state index is 10.7. The van der Waals surface area contributed by atoms with E-state index >= 15 is 0 Å². The van der Waals surface area contributed by atoms with Crippen LogP contribution in [-0.4, -0.2) is 53.1 Å². The van der Waals surface area contributed by atoms with Crippen molar-refractivity contribution in [3.63, 3.8) is 0 Å². The minimum atomic E-state index is -0.421. The molecule has 1 heterocycles. The largest absolute Gasteiger partial charge is 0.489 e. The highest BCUT2D eigenvalue weighted by Crippen LogP contribution is 2.52. The van der Waals surface area contributed by atoms with Crippen molar-refractivity contribution in [2.24, 2.45) is 5.92 Å². The van der Waals surface area contributed by atoms with Crippen molar-refractivity contribution >= 4 is 0 Å². The van der Waals surface area contributed by atoms with Gasteiger partial charge in [-0.25, -0.2) is 0 Å². The molecule has 1 fully saturated rings. The first kappa shape index (κ1) is 28.2. The molecule has 5 atom stereocenters. The lowest BCUT2D eigenvalue weighted by Crippen LogP contribution is -2.27. The zero-order valence-electron chi connectivity index (χ0n) is 22.6. The molecule has 4 nitrogen and oxygen atoms in total. The first-order chi connectivity index (χ1) is 17.1. The van der Waals surface area contributed by atoms with E-state index in [2.05, 4.69) is 49.9 Å². The molecule has 0 spiro atoms. The van der Waals surface area contributed by atoms with Gasteiger partial charge in [-0.05, 0) is 63.7 Å². The number of benzene rings is 1. The predicted molar refractivity (Wildman–Crippen MR) is 146 cm³/mol. The highest BCUT2D eigenvalue weighted by Gasteiger charge is 2.48. The van der Waals surface area contributed by atoms with Crippen molar-refractivity contribution in [2.45, 2.75) is 122 Å². The van der Waals surface area contributed by atoms with Crippen LogP contribution in [-0.2, 0) is 6.42 Å². The summed E-state index contributed by atoms with van der Waals surface area (Å²) in [5, 5.41) is 21.1. The van der Waals surface area contributed by atoms with E-state index in [0.717, 1.165) is 37.9 Å². The predicted octanol–water partition coefficient (Wildman–Crippen LogP) is 6.63. The van der Waals surface area contributed by atoms with E-state index in [1.807, 2.05) is 6.08 Å². The Labute approximate surface area is 214 Å². The van der Waals surface area contributed by atoms with Gasteiger partial charge in [-0.15, -0.1) is 0 Å². The van der Waals surface area contributed by atoms with Crippen molar-refractivity contribution < 1.29 is 14.9 Å². The van der Waals surface area contributed by atoms with Gasteiger partial charge in [0.15, 0.2) is 0 Å². The molecule has 0 saturated heterocycles. The molecule has 2 N–H and O–H groups in total. The van der Waals surface area contributed by atoms with Gasteiger partial charge in [0, 0.05) is 23.8 Å². The average molecular weight is 486 g/mol. The molecular weight excluding hydrogens is 434 g/mol. The molecule has 0 bridgehead atoms. The summed E-state index contributed by atoms with van der Waals surface area (Å²) in [7, 11) is 0. The summed E-state index contributed by atoms with van der Waals surface area (Å²) in [6.07, 6.45) is 16.6. The fraction of sp³-hybridized carbons (Fsp3) is 0.742. The van der Waals surface area contributed by atoms with Gasteiger partial charge in [0.25, 0.3) is 0 Å². The normalized spacial score (nSPS) is 24.2. The number of hydrogen-bond acceptors (Lipinski definition) is 4. The summed E-state index contributed by atoms with van der Waals surface area (Å²) in [6, 6.07) is 6.58. The molecule has 3 rings (SSSR count). The monoisotopic (exact) mass is 485 g/mol. The van der Waals surface area contributed by atoms with Crippen molar-refractivity contribution in [3.05, 3.63) is 41.5 Å². The molecular formula is C31H51NO3. The molecule has 0 aromatic heterocycles. The van der Waals surface area contributed by atoms with E-state index in [1.165, 1.54) is 69.3 Å². The van der Waals surface area contributed by atoms with Crippen LogP contribution in [0.15, 0.2) is 30.4 Å². The van der Waals surface area contributed by atoms with E-state index in [-0.39, 0.29) is 17.9 Å². The lowest BCUT2D eigenvalue weighted by atomic mass is 9.86. The Morgan fingerprint density at radius 3 is 2.40 bits per heavy atom. The van der Waals surface area contributed by atoms with E-state index in [1.54, 1.807) is 0 Å². The van der Waals surface area contributed by atoms with Crippen molar-refractivity contribution in [2.75, 3.05) is 19.6 Å². The quantitative estimate of drug-likeness (QED) is 0.192. The van der Waals surface area contributed by atoms with Crippen molar-refractivity contribution in [1.82, 2.24) is 4.90 Å². The molecule has 1 aromatic carbocycles. The van der Waals surface area contributed by atoms with Crippen LogP contribution < -0.4 is 4.74 Å². The van der Waals surface area contributed by atoms with Gasteiger partial charge in [-0.3, -0.25) is 0 Å². The highest BCUT2D eigenvalue weighted by molar-refractivity contribution is 5.49. The van der Waals surface area contributed by atoms with Crippen LogP contribution in [0.1, 0.15) is 108 Å². The number of aryl methyl sites for hydroxylation is 1. The Kier molecular flexibility index (Phi) is 12.1. The number of aliphatic hydroxyl groups excluding tert-OH is 2. The summed E-state index contributed by atoms with van der Waals surface area (Å²) in [5.41, 5.74) is 2.58. The Balaban J connectivity index is 1.57. The van der Waals surface area contributed by atoms with Crippen LogP contribution in [0.3, 0.4) is 0 Å². The second-order valence-electron chi connectivity index (χ2n) is 10.9. The Hall–Kier alpha value is -1.36. The minimum Gasteiger partial charge on any atom is -0.489 e. The van der Waals surface area contributed by atoms with Gasteiger partial charge >= 0.3 is 0 Å². The lowest BCUT2D eigenvalue weighted by molar-refractivity contribution is 0.135. The molecule has 0 amide bonds. The van der Waals surface area contributed by atoms with Crippen LogP contribution >= 0.6 is 0 Å². The van der Waals surface area contributed by atoms with Crippen molar-refractivity contribution in [3.8, 4) is 5.75 Å². The second kappa shape index (κ2) is 15.0. The number of hydrogen-bond donors (Lipinski definition) is 2. The van der Waals surface area contributed by atoms with Gasteiger partial charge in [0.2, 0.25) is 0 Å². The summed E-state index contributed by atoms with van der Waals surface area (Å²) in [6.45, 7) is 10.4. The zero-order chi connectivity index (χ0) is 25.0. The lowest BCUT2D eigenvalue weighted by Gasteiger charge is -2.22. The molecule has 0 unspecified atom stereocenters. The standard InChI is InChI=1S/C31H51NO3/c1-4-7-10-16-25(33)18-19-26-28(34)23-29-30(26)27-17-13-15-24(31(27)35-29)14-11-12-22-32(20-8-5-2)21-9-6-3/h13,15,17-19,25-26,28-30,33-34H,4-12,14,16,20-23H2,1-3H3/t25-,26-,28+,29-,30-/m0/s1. The molecule has 1 aromatic rings. The number of nitrogens with zero attached hydrogens (tertiary/aromatic N) is 1. The van der Waals surface area contributed by atoms with Crippen LogP contribution in [0.25, 0.3) is 0 Å². The fourth-order valence-electron chi connectivity index (χ4n) is 5.87. The third-order valence-corrected chi connectivity index (χ3v) is 7.97. The third-order valence-electron chi connectivity index (χ3n) is 7.97. The molecule has 1 saturated carbocycles. The minimum absolute atomic E-state index is 0.0167. The average Bonchev–Trinajstić information content (AvgIpc) is 3.36. The van der Waals surface area contributed by atoms with Crippen molar-refractivity contribution in [1.29, 1.82) is 0 Å². The second-order valence-corrected chi connectivity index (χ2v) is 10.9. The van der Waals surface area contributed by atoms with Gasteiger partial charge in [-0.1, -0.05) is 83.2 Å². The third kappa shape index (κ3) is 8.06. The van der Waals surface area contributed by atoms with Gasteiger partial charge in [0.05, 0.1) is 12.2 Å². The van der Waals surface area contributed by atoms with Crippen LogP contribution in [0, 0.1) is 5.92 Å². The SMILES string of the molecule is CCCCC[C@H](O)C=C[C@@H]1[C@H]2c3cccc(CCCCN(CCCC)CCCC)c3O[C@H]2C[C@H]1O. The zero-order valence-corrected chi connectivity index (χ0v) is 22.6. The summed E-state index contributed by atoms with van der Waals surface area (Å²) in [5.74, 6) is 1.28. The molecule has 198 valence electrons. The number of aliphatic hydroxyl groups is 2. The summed E-state index contributed by atoms with van der Waals surface area (Å²) >= 11 is 0. The Bertz CT molecular complexity index is 756. The Morgan fingerprint density at radius 1 is 0.971 bits per heavy atom. The van der Waals surface area contributed by atoms with E-state index in [4.69, 9.17) is 4.74 Å². The molecule has 1 aliphatic carbocycles. The number of fused-ring (bicyclic) bond motifs is 3. The number of para-hydroxylation sites is 1. The number of ether oxygens (including phenoxy) is 1. The fourth-order valence-corrected chi connectivity index (χ4v) is 5.87. The molecule has 1 aliphatic heterocycles. The Morgan fingerprint density at radius 2 is 1.69 bits per heavy atom. The van der Waals surface area contributed by atoms with Gasteiger partial charge in [-0.2, -0.15) is 0 Å². The summed E-state index contributed by atoms with van der Waals surface area (Å²) < 4.78 is 6.47. The van der Waals surface area contributed by atoms with Crippen LogP contribution in [0.2, 0.25) is 0 Å². The summed E-state index contributed by atoms with van der Waals surface area (Å²) in [4.78, 5) is 2.65. The molecule has 35 heavy (non-hydrogen) atoms. The molecule has 4 heteroatoms. The highest BCUT2D eigenvalue weighted by atomic mass is 16.5. The smallest absolute Gasteiger partial charge is 0.126 e. The van der Waals surface area contributed by atoms with Gasteiger partial charge in [0.1, 0.15) is 11.9 Å². The maximum atomic E-state index is 10.7. The van der Waals surface area contributed by atoms with E-state index < -0.39 is 12.2 Å². The number of unbranched alkanes of at least 4 members (excludes halogenated alkanes) is 5. The first-order valence-corrected chi connectivity index (χ1v) is 14.6. The van der Waals surface area contributed by atoms with E-state index in [9.17, 15) is 10.2 Å². The van der Waals surface area contributed by atoms with Crippen LogP contribution in [0.5, 0.6) is 5.75 Å². The topological polar surface area (TPSA) is 52.9 Å². The molecule has 0 radical (unpaired) electrons. The molecule has 2 aliphatic rings. The maximum Gasteiger partial charge on any atom is 0.126 e. The first-order valence-electron chi connectivity index (χ1n) is 14.6. The van der Waals surface area contributed by atoms with Gasteiger partial charge < -0.3 is 19.8 Å². The van der Waals surface area contributed by atoms with Crippen LogP contribution in [0.4, 0.5) is 0 Å². The van der Waals surface area contributed by atoms with E-state index in [0.29, 0.717) is 6.42 Å². The number of rotatable bonds is 17.